The molecule has 2 aromatic carbocycles. The number of carbonyl (C=O) groups is 1. The van der Waals surface area contributed by atoms with Gasteiger partial charge in [0.1, 0.15) is 11.5 Å². The van der Waals surface area contributed by atoms with Crippen LogP contribution in [0.15, 0.2) is 66.9 Å². The predicted molar refractivity (Wildman–Crippen MR) is 84.4 cm³/mol. The number of rotatable bonds is 5. The van der Waals surface area contributed by atoms with Crippen LogP contribution in [0.25, 0.3) is 0 Å². The topological polar surface area (TPSA) is 41.6 Å². The van der Waals surface area contributed by atoms with Crippen molar-refractivity contribution in [3.63, 3.8) is 0 Å². The van der Waals surface area contributed by atoms with E-state index in [0.717, 1.165) is 17.2 Å². The van der Waals surface area contributed by atoms with Crippen LogP contribution in [0.5, 0.6) is 11.5 Å². The molecule has 21 heavy (non-hydrogen) atoms. The molecule has 0 heterocycles. The highest BCUT2D eigenvalue weighted by Gasteiger charge is 2.00. The average Bonchev–Trinajstić information content (AvgIpc) is 2.48. The lowest BCUT2D eigenvalue weighted by Gasteiger charge is -2.07. The fourth-order valence-electron chi connectivity index (χ4n) is 1.63. The van der Waals surface area contributed by atoms with E-state index in [0.29, 0.717) is 0 Å². The normalized spacial score (nSPS) is 10.4. The molecule has 0 unspecified atom stereocenters. The van der Waals surface area contributed by atoms with Crippen LogP contribution in [0, 0.1) is 0 Å². The van der Waals surface area contributed by atoms with Crippen molar-refractivity contribution < 1.29 is 9.53 Å². The SMILES string of the molecule is CN(C)C=CC(=O)Nc1ccc(Oc2ccccc2)cc1. The molecular formula is C17H18N2O2. The van der Waals surface area contributed by atoms with E-state index in [1.807, 2.05) is 56.6 Å². The molecule has 0 aromatic heterocycles. The molecule has 0 aliphatic heterocycles. The third kappa shape index (κ3) is 5.03. The van der Waals surface area contributed by atoms with Gasteiger partial charge >= 0.3 is 0 Å². The van der Waals surface area contributed by atoms with E-state index < -0.39 is 0 Å². The first-order valence-electron chi connectivity index (χ1n) is 6.62. The molecule has 0 fully saturated rings. The summed E-state index contributed by atoms with van der Waals surface area (Å²) in [7, 11) is 3.72. The molecule has 0 saturated heterocycles. The molecule has 4 nitrogen and oxygen atoms in total. The first kappa shape index (κ1) is 14.7. The first-order valence-corrected chi connectivity index (χ1v) is 6.62. The van der Waals surface area contributed by atoms with Crippen LogP contribution in [-0.2, 0) is 4.79 Å². The number of hydrogen-bond acceptors (Lipinski definition) is 3. The van der Waals surface area contributed by atoms with Gasteiger partial charge in [0.15, 0.2) is 0 Å². The zero-order chi connectivity index (χ0) is 15.1. The van der Waals surface area contributed by atoms with Gasteiger partial charge in [-0.1, -0.05) is 18.2 Å². The number of anilines is 1. The van der Waals surface area contributed by atoms with Gasteiger partial charge in [0.25, 0.3) is 0 Å². The van der Waals surface area contributed by atoms with E-state index in [-0.39, 0.29) is 5.91 Å². The molecule has 0 atom stereocenters. The van der Waals surface area contributed by atoms with Crippen LogP contribution in [-0.4, -0.2) is 24.9 Å². The fraction of sp³-hybridized carbons (Fsp3) is 0.118. The Hall–Kier alpha value is -2.75. The number of nitrogens with zero attached hydrogens (tertiary/aromatic N) is 1. The largest absolute Gasteiger partial charge is 0.457 e. The highest BCUT2D eigenvalue weighted by atomic mass is 16.5. The molecule has 0 spiro atoms. The molecule has 1 N–H and O–H groups in total. The predicted octanol–water partition coefficient (Wildman–Crippen LogP) is 3.49. The van der Waals surface area contributed by atoms with Gasteiger partial charge in [-0.2, -0.15) is 0 Å². The Balaban J connectivity index is 1.94. The summed E-state index contributed by atoms with van der Waals surface area (Å²) >= 11 is 0. The third-order valence-electron chi connectivity index (χ3n) is 2.62. The van der Waals surface area contributed by atoms with Crippen molar-refractivity contribution in [1.82, 2.24) is 4.90 Å². The maximum Gasteiger partial charge on any atom is 0.249 e. The number of amides is 1. The minimum Gasteiger partial charge on any atom is -0.457 e. The van der Waals surface area contributed by atoms with Gasteiger partial charge < -0.3 is 15.0 Å². The van der Waals surface area contributed by atoms with Gasteiger partial charge in [-0.3, -0.25) is 4.79 Å². The number of benzene rings is 2. The van der Waals surface area contributed by atoms with Crippen LogP contribution in [0.2, 0.25) is 0 Å². The van der Waals surface area contributed by atoms with Gasteiger partial charge in [0.2, 0.25) is 5.91 Å². The lowest BCUT2D eigenvalue weighted by Crippen LogP contribution is -2.10. The summed E-state index contributed by atoms with van der Waals surface area (Å²) in [6.45, 7) is 0. The van der Waals surface area contributed by atoms with Crippen molar-refractivity contribution in [1.29, 1.82) is 0 Å². The molecule has 108 valence electrons. The summed E-state index contributed by atoms with van der Waals surface area (Å²) in [4.78, 5) is 13.4. The van der Waals surface area contributed by atoms with E-state index in [1.54, 1.807) is 23.2 Å². The Morgan fingerprint density at radius 1 is 1.00 bits per heavy atom. The van der Waals surface area contributed by atoms with Crippen molar-refractivity contribution >= 4 is 11.6 Å². The Morgan fingerprint density at radius 2 is 1.62 bits per heavy atom. The number of nitrogens with one attached hydrogen (secondary N) is 1. The lowest BCUT2D eigenvalue weighted by molar-refractivity contribution is -0.112. The van der Waals surface area contributed by atoms with E-state index in [4.69, 9.17) is 4.74 Å². The van der Waals surface area contributed by atoms with Crippen molar-refractivity contribution in [3.8, 4) is 11.5 Å². The Bertz CT molecular complexity index is 604. The minimum absolute atomic E-state index is 0.166. The molecule has 0 bridgehead atoms. The molecule has 2 aromatic rings. The number of para-hydroxylation sites is 1. The number of hydrogen-bond donors (Lipinski definition) is 1. The smallest absolute Gasteiger partial charge is 0.249 e. The standard InChI is InChI=1S/C17H18N2O2/c1-19(2)13-12-17(20)18-14-8-10-16(11-9-14)21-15-6-4-3-5-7-15/h3-13H,1-2H3,(H,18,20). The second kappa shape index (κ2) is 7.14. The molecule has 4 heteroatoms. The average molecular weight is 282 g/mol. The van der Waals surface area contributed by atoms with Crippen LogP contribution in [0.4, 0.5) is 5.69 Å². The zero-order valence-electron chi connectivity index (χ0n) is 12.1. The van der Waals surface area contributed by atoms with E-state index in [2.05, 4.69) is 5.32 Å². The van der Waals surface area contributed by atoms with Gasteiger partial charge in [-0.15, -0.1) is 0 Å². The summed E-state index contributed by atoms with van der Waals surface area (Å²) in [5, 5.41) is 2.78. The van der Waals surface area contributed by atoms with E-state index in [9.17, 15) is 4.79 Å². The Kier molecular flexibility index (Phi) is 4.99. The molecule has 0 radical (unpaired) electrons. The Labute approximate surface area is 124 Å². The maximum absolute atomic E-state index is 11.6. The van der Waals surface area contributed by atoms with E-state index >= 15 is 0 Å². The van der Waals surface area contributed by atoms with E-state index in [1.165, 1.54) is 6.08 Å². The summed E-state index contributed by atoms with van der Waals surface area (Å²) in [5.74, 6) is 1.34. The van der Waals surface area contributed by atoms with Crippen LogP contribution in [0.1, 0.15) is 0 Å². The first-order chi connectivity index (χ1) is 10.1. The highest BCUT2D eigenvalue weighted by molar-refractivity contribution is 5.99. The van der Waals surface area contributed by atoms with Gasteiger partial charge in [0.05, 0.1) is 0 Å². The molecular weight excluding hydrogens is 264 g/mol. The number of carbonyl (C=O) groups excluding carboxylic acids is 1. The van der Waals surface area contributed by atoms with Crippen molar-refractivity contribution in [2.45, 2.75) is 0 Å². The van der Waals surface area contributed by atoms with Gasteiger partial charge in [0, 0.05) is 32.1 Å². The van der Waals surface area contributed by atoms with Gasteiger partial charge in [-0.25, -0.2) is 0 Å². The molecule has 0 aliphatic carbocycles. The summed E-state index contributed by atoms with van der Waals surface area (Å²) in [6.07, 6.45) is 3.18. The second-order valence-electron chi connectivity index (χ2n) is 4.71. The van der Waals surface area contributed by atoms with Crippen molar-refractivity contribution in [2.75, 3.05) is 19.4 Å². The minimum atomic E-state index is -0.166. The molecule has 2 rings (SSSR count). The Morgan fingerprint density at radius 3 is 2.24 bits per heavy atom. The van der Waals surface area contributed by atoms with Crippen molar-refractivity contribution in [3.05, 3.63) is 66.9 Å². The zero-order valence-corrected chi connectivity index (χ0v) is 12.1. The quantitative estimate of drug-likeness (QED) is 0.853. The second-order valence-corrected chi connectivity index (χ2v) is 4.71. The molecule has 1 amide bonds. The van der Waals surface area contributed by atoms with Crippen LogP contribution < -0.4 is 10.1 Å². The maximum atomic E-state index is 11.6. The van der Waals surface area contributed by atoms with Crippen LogP contribution in [0.3, 0.4) is 0 Å². The molecule has 0 saturated carbocycles. The monoisotopic (exact) mass is 282 g/mol. The summed E-state index contributed by atoms with van der Waals surface area (Å²) in [5.41, 5.74) is 0.726. The number of ether oxygens (including phenoxy) is 1. The van der Waals surface area contributed by atoms with Gasteiger partial charge in [-0.05, 0) is 36.4 Å². The third-order valence-corrected chi connectivity index (χ3v) is 2.62. The lowest BCUT2D eigenvalue weighted by atomic mass is 10.3. The van der Waals surface area contributed by atoms with Crippen LogP contribution >= 0.6 is 0 Å². The highest BCUT2D eigenvalue weighted by Crippen LogP contribution is 2.22. The molecule has 0 aliphatic rings. The summed E-state index contributed by atoms with van der Waals surface area (Å²) < 4.78 is 5.68. The fourth-order valence-corrected chi connectivity index (χ4v) is 1.63. The summed E-state index contributed by atoms with van der Waals surface area (Å²) in [6, 6.07) is 16.8. The van der Waals surface area contributed by atoms with Crippen molar-refractivity contribution in [2.24, 2.45) is 0 Å².